The van der Waals surface area contributed by atoms with Crippen molar-refractivity contribution in [2.75, 3.05) is 9.80 Å². The zero-order valence-corrected chi connectivity index (χ0v) is 31.0. The van der Waals surface area contributed by atoms with Crippen LogP contribution < -0.4 is 9.80 Å². The van der Waals surface area contributed by atoms with E-state index in [-0.39, 0.29) is 6.04 Å². The van der Waals surface area contributed by atoms with E-state index in [1.54, 1.807) is 0 Å². The van der Waals surface area contributed by atoms with E-state index in [1.165, 1.54) is 61.4 Å². The van der Waals surface area contributed by atoms with E-state index < -0.39 is 0 Å². The maximum atomic E-state index is 2.50. The Morgan fingerprint density at radius 2 is 0.839 bits per heavy atom. The minimum atomic E-state index is 0.254. The lowest BCUT2D eigenvalue weighted by Crippen LogP contribution is -2.28. The van der Waals surface area contributed by atoms with Gasteiger partial charge in [-0.2, -0.15) is 0 Å². The molecule has 0 N–H and O–H groups in total. The first kappa shape index (κ1) is 33.4. The molecule has 0 aromatic heterocycles. The summed E-state index contributed by atoms with van der Waals surface area (Å²) < 4.78 is 0. The van der Waals surface area contributed by atoms with Crippen molar-refractivity contribution in [1.29, 1.82) is 0 Å². The largest absolute Gasteiger partial charge is 0.333 e. The average molecular weight is 717 g/mol. The predicted octanol–water partition coefficient (Wildman–Crippen LogP) is 14.6. The van der Waals surface area contributed by atoms with Crippen molar-refractivity contribution in [3.05, 3.63) is 236 Å². The van der Waals surface area contributed by atoms with Crippen molar-refractivity contribution in [2.24, 2.45) is 0 Å². The quantitative estimate of drug-likeness (QED) is 0.154. The highest BCUT2D eigenvalue weighted by atomic mass is 15.2. The van der Waals surface area contributed by atoms with Gasteiger partial charge in [0, 0.05) is 34.2 Å². The molecule has 0 amide bonds. The van der Waals surface area contributed by atoms with Gasteiger partial charge in [-0.25, -0.2) is 0 Å². The van der Waals surface area contributed by atoms with Crippen LogP contribution >= 0.6 is 0 Å². The molecule has 0 saturated heterocycles. The minimum Gasteiger partial charge on any atom is -0.333 e. The summed E-state index contributed by atoms with van der Waals surface area (Å²) in [6.45, 7) is 0. The summed E-state index contributed by atoms with van der Waals surface area (Å²) in [6.07, 6.45) is 9.04. The molecule has 2 nitrogen and oxygen atoms in total. The topological polar surface area (TPSA) is 6.48 Å². The number of anilines is 5. The summed E-state index contributed by atoms with van der Waals surface area (Å²) in [5, 5.41) is 0. The summed E-state index contributed by atoms with van der Waals surface area (Å²) in [7, 11) is 0. The van der Waals surface area contributed by atoms with Gasteiger partial charge in [0.05, 0.1) is 11.7 Å². The summed E-state index contributed by atoms with van der Waals surface area (Å²) in [5.74, 6) is 0.344. The van der Waals surface area contributed by atoms with Gasteiger partial charge >= 0.3 is 0 Å². The number of benzene rings is 8. The Labute approximate surface area is 329 Å². The van der Waals surface area contributed by atoms with Crippen molar-refractivity contribution in [3.8, 4) is 44.5 Å². The number of hydrogen-bond acceptors (Lipinski definition) is 2. The molecule has 2 heteroatoms. The molecule has 266 valence electrons. The van der Waals surface area contributed by atoms with E-state index >= 15 is 0 Å². The third-order valence-electron chi connectivity index (χ3n) is 11.2. The van der Waals surface area contributed by atoms with Crippen LogP contribution in [0.25, 0.3) is 44.5 Å². The molecular formula is C54H40N2. The molecule has 0 fully saturated rings. The van der Waals surface area contributed by atoms with Crippen LogP contribution in [0.2, 0.25) is 0 Å². The lowest BCUT2D eigenvalue weighted by molar-refractivity contribution is 0.745. The number of rotatable bonds is 8. The van der Waals surface area contributed by atoms with Crippen LogP contribution in [0.1, 0.15) is 11.5 Å². The Balaban J connectivity index is 1.07. The Morgan fingerprint density at radius 1 is 0.375 bits per heavy atom. The Bertz CT molecular complexity index is 2660. The van der Waals surface area contributed by atoms with Gasteiger partial charge in [-0.1, -0.05) is 176 Å². The monoisotopic (exact) mass is 716 g/mol. The maximum Gasteiger partial charge on any atom is 0.0629 e. The van der Waals surface area contributed by atoms with Crippen molar-refractivity contribution in [1.82, 2.24) is 0 Å². The fourth-order valence-electron chi connectivity index (χ4n) is 8.46. The Morgan fingerprint density at radius 3 is 1.46 bits per heavy atom. The van der Waals surface area contributed by atoms with Gasteiger partial charge < -0.3 is 9.80 Å². The van der Waals surface area contributed by atoms with Crippen LogP contribution in [0.4, 0.5) is 28.4 Å². The number of allylic oxidation sites excluding steroid dienone is 2. The predicted molar refractivity (Wildman–Crippen MR) is 236 cm³/mol. The SMILES string of the molecule is C1=CC2c3ccccc3N(c3ccc(N(c4ccc(-c5ccc(-c6ccccc6)cc5)cc4)c4ccc(-c5ccccc5)cc4-c4ccccc4)cc3)C2C=C1. The van der Waals surface area contributed by atoms with E-state index in [0.717, 1.165) is 17.1 Å². The second kappa shape index (κ2) is 14.6. The summed E-state index contributed by atoms with van der Waals surface area (Å²) in [5.41, 5.74) is 16.7. The number of fused-ring (bicyclic) bond motifs is 3. The molecule has 1 heterocycles. The van der Waals surface area contributed by atoms with Gasteiger partial charge in [0.25, 0.3) is 0 Å². The number of para-hydroxylation sites is 1. The Hall–Kier alpha value is -7.16. The molecule has 0 spiro atoms. The van der Waals surface area contributed by atoms with Gasteiger partial charge in [0.1, 0.15) is 0 Å². The molecule has 1 aliphatic carbocycles. The van der Waals surface area contributed by atoms with Crippen molar-refractivity contribution < 1.29 is 0 Å². The normalized spacial score (nSPS) is 15.3. The van der Waals surface area contributed by atoms with Crippen molar-refractivity contribution in [2.45, 2.75) is 12.0 Å². The van der Waals surface area contributed by atoms with Crippen LogP contribution in [0.5, 0.6) is 0 Å². The van der Waals surface area contributed by atoms with E-state index in [2.05, 4.69) is 240 Å². The van der Waals surface area contributed by atoms with Gasteiger partial charge in [0.15, 0.2) is 0 Å². The van der Waals surface area contributed by atoms with Crippen LogP contribution in [-0.4, -0.2) is 6.04 Å². The number of nitrogens with zero attached hydrogens (tertiary/aromatic N) is 2. The molecule has 8 aromatic rings. The molecule has 0 radical (unpaired) electrons. The lowest BCUT2D eigenvalue weighted by atomic mass is 9.91. The van der Waals surface area contributed by atoms with E-state index in [1.807, 2.05) is 0 Å². The molecular weight excluding hydrogens is 677 g/mol. The van der Waals surface area contributed by atoms with Crippen LogP contribution in [0.15, 0.2) is 231 Å². The molecule has 2 aliphatic rings. The molecule has 0 saturated carbocycles. The van der Waals surface area contributed by atoms with Gasteiger partial charge in [-0.05, 0) is 99.1 Å². The van der Waals surface area contributed by atoms with E-state index in [0.29, 0.717) is 5.92 Å². The highest BCUT2D eigenvalue weighted by molar-refractivity contribution is 5.91. The molecule has 0 bridgehead atoms. The highest BCUT2D eigenvalue weighted by Crippen LogP contribution is 2.49. The zero-order chi connectivity index (χ0) is 37.3. The maximum absolute atomic E-state index is 2.50. The van der Waals surface area contributed by atoms with Crippen LogP contribution in [-0.2, 0) is 0 Å². The molecule has 8 aromatic carbocycles. The fraction of sp³-hybridized carbons (Fsp3) is 0.0370. The standard InChI is InChI=1S/C54H40N2/c1-4-14-39(15-5-1)41-24-26-42(27-25-41)43-28-31-46(32-29-43)55(54-37-30-45(40-16-6-2-7-17-40)38-51(54)44-18-8-3-9-19-44)47-33-35-48(36-34-47)56-52-22-12-10-20-49(52)50-21-11-13-23-53(50)56/h1-38,49,52H. The van der Waals surface area contributed by atoms with Gasteiger partial charge in [-0.3, -0.25) is 0 Å². The Kier molecular flexibility index (Phi) is 8.70. The highest BCUT2D eigenvalue weighted by Gasteiger charge is 2.37. The molecule has 56 heavy (non-hydrogen) atoms. The molecule has 2 atom stereocenters. The molecule has 10 rings (SSSR count). The van der Waals surface area contributed by atoms with Gasteiger partial charge in [-0.15, -0.1) is 0 Å². The van der Waals surface area contributed by atoms with E-state index in [9.17, 15) is 0 Å². The van der Waals surface area contributed by atoms with Crippen LogP contribution in [0, 0.1) is 0 Å². The van der Waals surface area contributed by atoms with Crippen molar-refractivity contribution in [3.63, 3.8) is 0 Å². The second-order valence-corrected chi connectivity index (χ2v) is 14.5. The second-order valence-electron chi connectivity index (χ2n) is 14.5. The molecule has 1 aliphatic heterocycles. The average Bonchev–Trinajstić information content (AvgIpc) is 3.62. The smallest absolute Gasteiger partial charge is 0.0629 e. The van der Waals surface area contributed by atoms with Crippen LogP contribution in [0.3, 0.4) is 0 Å². The zero-order valence-electron chi connectivity index (χ0n) is 31.0. The number of hydrogen-bond donors (Lipinski definition) is 0. The first-order valence-electron chi connectivity index (χ1n) is 19.4. The summed E-state index contributed by atoms with van der Waals surface area (Å²) in [4.78, 5) is 4.91. The first-order chi connectivity index (χ1) is 27.8. The minimum absolute atomic E-state index is 0.254. The third kappa shape index (κ3) is 6.22. The third-order valence-corrected chi connectivity index (χ3v) is 11.2. The summed E-state index contributed by atoms with van der Waals surface area (Å²) in [6, 6.07) is 75.0. The lowest BCUT2D eigenvalue weighted by Gasteiger charge is -2.31. The van der Waals surface area contributed by atoms with Crippen molar-refractivity contribution >= 4 is 28.4 Å². The molecule has 2 unspecified atom stereocenters. The van der Waals surface area contributed by atoms with Gasteiger partial charge in [0.2, 0.25) is 0 Å². The summed E-state index contributed by atoms with van der Waals surface area (Å²) >= 11 is 0. The first-order valence-corrected chi connectivity index (χ1v) is 19.4. The fourth-order valence-corrected chi connectivity index (χ4v) is 8.46. The van der Waals surface area contributed by atoms with E-state index in [4.69, 9.17) is 0 Å².